The molecule has 0 saturated heterocycles. The van der Waals surface area contributed by atoms with E-state index in [1.807, 2.05) is 13.8 Å². The summed E-state index contributed by atoms with van der Waals surface area (Å²) in [4.78, 5) is 23.9. The van der Waals surface area contributed by atoms with Crippen LogP contribution in [0.25, 0.3) is 22.3 Å². The zero-order chi connectivity index (χ0) is 56.6. The molecule has 0 aliphatic carbocycles. The second-order valence-corrected chi connectivity index (χ2v) is 18.9. The van der Waals surface area contributed by atoms with Crippen molar-refractivity contribution in [2.24, 2.45) is 11.8 Å². The molecule has 4 rings (SSSR count). The quantitative estimate of drug-likeness (QED) is 0.0202. The average molecular weight is 1100 g/mol. The van der Waals surface area contributed by atoms with Crippen LogP contribution in [0.15, 0.2) is 72.8 Å². The maximum Gasteiger partial charge on any atom is 0.513 e. The molecule has 4 aromatic rings. The van der Waals surface area contributed by atoms with E-state index >= 15 is 0 Å². The van der Waals surface area contributed by atoms with E-state index in [0.717, 1.165) is 96.3 Å². The number of carbonyl (C=O) groups excluding carboxylic acids is 2. The molecular formula is C59H76F10O8. The average Bonchev–Trinajstić information content (AvgIpc) is 3.39. The Hall–Kier alpha value is -5.68. The van der Waals surface area contributed by atoms with Gasteiger partial charge in [0.25, 0.3) is 0 Å². The standard InChI is InChI=1S/C30H39F5O4.C29H37F5O4/c1-3-5-7-9-11-20-37-26-18-17-25(27(31)28(26)32)22-13-15-24(16-14-22)39-29(36)38-21-19-23(30(33,34)35)12-10-8-6-4-2;1-3-5-7-9-11-22(29(32,33)34)18-20-37-28(35)38-23-14-12-21(13-15-23)24-16-17-25(27(31)26(24)30)36-19-10-8-6-4-2/h13-18,23H,3-12,19-21H2,1-2H3;12-17,22H,3-11,18-20H2,1-2H3. The zero-order valence-electron chi connectivity index (χ0n) is 44.8. The predicted molar refractivity (Wildman–Crippen MR) is 277 cm³/mol. The fourth-order valence-electron chi connectivity index (χ4n) is 8.13. The molecule has 2 atom stereocenters. The van der Waals surface area contributed by atoms with Gasteiger partial charge in [0, 0.05) is 11.1 Å². The molecule has 0 bridgehead atoms. The van der Waals surface area contributed by atoms with Crippen molar-refractivity contribution in [1.82, 2.24) is 0 Å². The number of alkyl halides is 6. The van der Waals surface area contributed by atoms with E-state index in [2.05, 4.69) is 13.8 Å². The lowest BCUT2D eigenvalue weighted by Crippen LogP contribution is -2.25. The van der Waals surface area contributed by atoms with E-state index in [1.54, 1.807) is 0 Å². The van der Waals surface area contributed by atoms with Crippen molar-refractivity contribution >= 4 is 12.3 Å². The minimum absolute atomic E-state index is 0.00656. The van der Waals surface area contributed by atoms with E-state index in [9.17, 15) is 53.5 Å². The van der Waals surface area contributed by atoms with Gasteiger partial charge in [-0.2, -0.15) is 35.1 Å². The summed E-state index contributed by atoms with van der Waals surface area (Å²) in [6.45, 7) is 7.91. The maximum absolute atomic E-state index is 14.7. The number of unbranched alkanes of at least 4 members (excludes halogenated alkanes) is 13. The van der Waals surface area contributed by atoms with Gasteiger partial charge in [0.2, 0.25) is 11.6 Å². The van der Waals surface area contributed by atoms with Crippen LogP contribution in [0, 0.1) is 35.1 Å². The van der Waals surface area contributed by atoms with Crippen molar-refractivity contribution in [3.05, 3.63) is 96.1 Å². The Morgan fingerprint density at radius 2 is 0.714 bits per heavy atom. The van der Waals surface area contributed by atoms with Gasteiger partial charge >= 0.3 is 24.7 Å². The van der Waals surface area contributed by atoms with E-state index in [0.29, 0.717) is 37.2 Å². The number of hydrogen-bond donors (Lipinski definition) is 0. The van der Waals surface area contributed by atoms with Crippen LogP contribution in [-0.4, -0.2) is 51.1 Å². The van der Waals surface area contributed by atoms with Crippen LogP contribution in [-0.2, 0) is 9.47 Å². The molecule has 4 aromatic carbocycles. The van der Waals surface area contributed by atoms with Crippen molar-refractivity contribution in [2.75, 3.05) is 26.4 Å². The highest BCUT2D eigenvalue weighted by molar-refractivity contribution is 5.69. The second-order valence-electron chi connectivity index (χ2n) is 18.9. The summed E-state index contributed by atoms with van der Waals surface area (Å²) in [6.07, 6.45) is 3.19. The van der Waals surface area contributed by atoms with Gasteiger partial charge in [0.1, 0.15) is 11.5 Å². The fraction of sp³-hybridized carbons (Fsp3) is 0.559. The monoisotopic (exact) mass is 1100 g/mol. The van der Waals surface area contributed by atoms with Gasteiger partial charge in [-0.25, -0.2) is 18.4 Å². The Kier molecular flexibility index (Phi) is 30.4. The van der Waals surface area contributed by atoms with Gasteiger partial charge < -0.3 is 28.4 Å². The summed E-state index contributed by atoms with van der Waals surface area (Å²) < 4.78 is 168. The molecule has 0 saturated carbocycles. The van der Waals surface area contributed by atoms with Crippen molar-refractivity contribution in [3.63, 3.8) is 0 Å². The number of halogens is 10. The first-order valence-corrected chi connectivity index (χ1v) is 27.1. The molecule has 0 aliphatic heterocycles. The van der Waals surface area contributed by atoms with E-state index in [4.69, 9.17) is 28.4 Å². The van der Waals surface area contributed by atoms with Crippen molar-refractivity contribution < 1.29 is 81.9 Å². The van der Waals surface area contributed by atoms with Crippen molar-refractivity contribution in [3.8, 4) is 45.3 Å². The van der Waals surface area contributed by atoms with Gasteiger partial charge in [0.05, 0.1) is 38.3 Å². The van der Waals surface area contributed by atoms with Gasteiger partial charge in [-0.05, 0) is 98.2 Å². The third kappa shape index (κ3) is 24.7. The summed E-state index contributed by atoms with van der Waals surface area (Å²) in [7, 11) is 0. The molecule has 0 spiro atoms. The first-order valence-electron chi connectivity index (χ1n) is 27.1. The highest BCUT2D eigenvalue weighted by atomic mass is 19.4. The van der Waals surface area contributed by atoms with Crippen molar-refractivity contribution in [1.29, 1.82) is 0 Å². The van der Waals surface area contributed by atoms with Gasteiger partial charge in [0.15, 0.2) is 23.1 Å². The van der Waals surface area contributed by atoms with Crippen LogP contribution >= 0.6 is 0 Å². The van der Waals surface area contributed by atoms with Crippen LogP contribution in [0.5, 0.6) is 23.0 Å². The number of hydrogen-bond acceptors (Lipinski definition) is 8. The highest BCUT2D eigenvalue weighted by Crippen LogP contribution is 2.36. The molecule has 0 fully saturated rings. The summed E-state index contributed by atoms with van der Waals surface area (Å²) >= 11 is 0. The molecule has 0 N–H and O–H groups in total. The van der Waals surface area contributed by atoms with E-state index in [1.165, 1.54) is 72.8 Å². The van der Waals surface area contributed by atoms with E-state index < -0.39 is 73.0 Å². The largest absolute Gasteiger partial charge is 0.513 e. The molecule has 0 aromatic heterocycles. The molecule has 0 radical (unpaired) electrons. The summed E-state index contributed by atoms with van der Waals surface area (Å²) in [5.41, 5.74) is 0.697. The van der Waals surface area contributed by atoms with Gasteiger partial charge in [-0.15, -0.1) is 0 Å². The number of rotatable bonds is 33. The lowest BCUT2D eigenvalue weighted by atomic mass is 9.97. The predicted octanol–water partition coefficient (Wildman–Crippen LogP) is 19.7. The van der Waals surface area contributed by atoms with Crippen LogP contribution in [0.4, 0.5) is 53.5 Å². The zero-order valence-corrected chi connectivity index (χ0v) is 44.8. The summed E-state index contributed by atoms with van der Waals surface area (Å²) in [5.74, 6) is -7.55. The molecular weight excluding hydrogens is 1030 g/mol. The number of carbonyl (C=O) groups is 2. The Morgan fingerprint density at radius 3 is 1.05 bits per heavy atom. The number of benzene rings is 4. The van der Waals surface area contributed by atoms with Gasteiger partial charge in [-0.1, -0.05) is 148 Å². The molecule has 0 heterocycles. The normalized spacial score (nSPS) is 12.3. The number of ether oxygens (including phenoxy) is 6. The Labute approximate surface area is 447 Å². The van der Waals surface area contributed by atoms with Crippen LogP contribution in [0.1, 0.15) is 163 Å². The first-order chi connectivity index (χ1) is 36.8. The SMILES string of the molecule is CCCCCCCOc1ccc(-c2ccc(OC(=O)OCCC(CCCCCC)C(F)(F)F)cc2)c(F)c1F.CCCCCCOc1ccc(-c2ccc(OC(=O)OCCC(CCCCCC)C(F)(F)F)cc2)c(F)c1F. The topological polar surface area (TPSA) is 89.5 Å². The Balaban J connectivity index is 0.000000405. The molecule has 8 nitrogen and oxygen atoms in total. The summed E-state index contributed by atoms with van der Waals surface area (Å²) in [6, 6.07) is 16.7. The smallest absolute Gasteiger partial charge is 0.490 e. The molecule has 430 valence electrons. The molecule has 2 unspecified atom stereocenters. The fourth-order valence-corrected chi connectivity index (χ4v) is 8.13. The van der Waals surface area contributed by atoms with E-state index in [-0.39, 0.29) is 59.8 Å². The van der Waals surface area contributed by atoms with Gasteiger partial charge in [-0.3, -0.25) is 0 Å². The Bertz CT molecular complexity index is 2290. The maximum atomic E-state index is 14.7. The molecule has 0 aliphatic rings. The lowest BCUT2D eigenvalue weighted by Gasteiger charge is -2.20. The molecule has 77 heavy (non-hydrogen) atoms. The minimum Gasteiger partial charge on any atom is -0.490 e. The van der Waals surface area contributed by atoms with Crippen LogP contribution in [0.3, 0.4) is 0 Å². The lowest BCUT2D eigenvalue weighted by molar-refractivity contribution is -0.181. The van der Waals surface area contributed by atoms with Crippen molar-refractivity contribution in [2.45, 2.75) is 175 Å². The minimum atomic E-state index is -4.36. The second kappa shape index (κ2) is 35.7. The molecule has 18 heteroatoms. The highest BCUT2D eigenvalue weighted by Gasteiger charge is 2.39. The molecule has 0 amide bonds. The third-order valence-electron chi connectivity index (χ3n) is 12.7. The third-order valence-corrected chi connectivity index (χ3v) is 12.7. The van der Waals surface area contributed by atoms with Crippen LogP contribution < -0.4 is 18.9 Å². The van der Waals surface area contributed by atoms with Crippen LogP contribution in [0.2, 0.25) is 0 Å². The summed E-state index contributed by atoms with van der Waals surface area (Å²) in [5, 5.41) is 0. The Morgan fingerprint density at radius 1 is 0.390 bits per heavy atom. The first kappa shape index (κ1) is 65.6.